The molecule has 0 saturated heterocycles. The molecule has 2 unspecified atom stereocenters. The number of carbonyl (C=O) groups excluding carboxylic acids is 1. The molecule has 0 heterocycles. The molecule has 2 amide bonds. The molecule has 0 saturated carbocycles. The third-order valence-corrected chi connectivity index (χ3v) is 2.40. The molecule has 0 radical (unpaired) electrons. The van der Waals surface area contributed by atoms with Crippen LogP contribution in [0.3, 0.4) is 0 Å². The van der Waals surface area contributed by atoms with E-state index in [1.54, 1.807) is 0 Å². The Labute approximate surface area is 96.6 Å². The van der Waals surface area contributed by atoms with Crippen molar-refractivity contribution in [3.63, 3.8) is 0 Å². The van der Waals surface area contributed by atoms with Gasteiger partial charge in [0.05, 0.1) is 0 Å². The maximum atomic E-state index is 11.4. The molecular weight excluding hydrogens is 208 g/mol. The van der Waals surface area contributed by atoms with Gasteiger partial charge in [0.1, 0.15) is 0 Å². The van der Waals surface area contributed by atoms with Crippen molar-refractivity contribution in [2.45, 2.75) is 58.5 Å². The van der Waals surface area contributed by atoms with Crippen molar-refractivity contribution in [2.24, 2.45) is 0 Å². The van der Waals surface area contributed by atoms with Crippen LogP contribution in [0, 0.1) is 0 Å². The summed E-state index contributed by atoms with van der Waals surface area (Å²) in [6, 6.07) is -0.0215. The van der Waals surface area contributed by atoms with Crippen LogP contribution in [0.1, 0.15) is 46.5 Å². The molecular formula is C11H22N2O3. The standard InChI is InChI=1S/C11H22N2O3/c1-4-8(2)12-11(16)13-9(3)6-5-7-10(14)15/h8-9H,4-7H2,1-3H3,(H,14,15)(H2,12,13,16). The fourth-order valence-corrected chi connectivity index (χ4v) is 1.22. The van der Waals surface area contributed by atoms with Crippen LogP contribution < -0.4 is 10.6 Å². The van der Waals surface area contributed by atoms with E-state index in [-0.39, 0.29) is 24.5 Å². The lowest BCUT2D eigenvalue weighted by Gasteiger charge is -2.16. The summed E-state index contributed by atoms with van der Waals surface area (Å²) in [5, 5.41) is 14.0. The largest absolute Gasteiger partial charge is 0.481 e. The SMILES string of the molecule is CCC(C)NC(=O)NC(C)CCCC(=O)O. The Balaban J connectivity index is 3.65. The minimum atomic E-state index is -0.795. The first-order chi connectivity index (χ1) is 7.45. The summed E-state index contributed by atoms with van der Waals surface area (Å²) in [6.45, 7) is 5.81. The zero-order chi connectivity index (χ0) is 12.6. The quantitative estimate of drug-likeness (QED) is 0.623. The number of aliphatic carboxylic acids is 1. The molecule has 0 fully saturated rings. The zero-order valence-electron chi connectivity index (χ0n) is 10.2. The van der Waals surface area contributed by atoms with E-state index in [1.807, 2.05) is 20.8 Å². The molecule has 0 bridgehead atoms. The second-order valence-corrected chi connectivity index (χ2v) is 4.11. The lowest BCUT2D eigenvalue weighted by Crippen LogP contribution is -2.44. The Bertz CT molecular complexity index is 231. The number of hydrogen-bond donors (Lipinski definition) is 3. The topological polar surface area (TPSA) is 78.4 Å². The molecule has 3 N–H and O–H groups in total. The van der Waals surface area contributed by atoms with Crippen molar-refractivity contribution in [3.05, 3.63) is 0 Å². The summed E-state index contributed by atoms with van der Waals surface area (Å²) in [6.07, 6.45) is 2.31. The van der Waals surface area contributed by atoms with Gasteiger partial charge in [-0.3, -0.25) is 4.79 Å². The molecule has 16 heavy (non-hydrogen) atoms. The van der Waals surface area contributed by atoms with Crippen LogP contribution in [0.5, 0.6) is 0 Å². The Morgan fingerprint density at radius 2 is 1.75 bits per heavy atom. The first-order valence-corrected chi connectivity index (χ1v) is 5.74. The molecule has 2 atom stereocenters. The lowest BCUT2D eigenvalue weighted by molar-refractivity contribution is -0.137. The number of carbonyl (C=O) groups is 2. The summed E-state index contributed by atoms with van der Waals surface area (Å²) in [4.78, 5) is 21.7. The molecule has 0 aliphatic heterocycles. The second-order valence-electron chi connectivity index (χ2n) is 4.11. The van der Waals surface area contributed by atoms with Gasteiger partial charge in [-0.1, -0.05) is 6.92 Å². The summed E-state index contributed by atoms with van der Waals surface area (Å²) in [5.74, 6) is -0.795. The highest BCUT2D eigenvalue weighted by molar-refractivity contribution is 5.74. The van der Waals surface area contributed by atoms with E-state index in [4.69, 9.17) is 5.11 Å². The van der Waals surface area contributed by atoms with Gasteiger partial charge in [-0.2, -0.15) is 0 Å². The Morgan fingerprint density at radius 3 is 2.25 bits per heavy atom. The maximum Gasteiger partial charge on any atom is 0.315 e. The van der Waals surface area contributed by atoms with Crippen LogP contribution in [0.25, 0.3) is 0 Å². The molecule has 0 aliphatic rings. The van der Waals surface area contributed by atoms with Crippen molar-refractivity contribution in [3.8, 4) is 0 Å². The predicted octanol–water partition coefficient (Wildman–Crippen LogP) is 1.73. The average Bonchev–Trinajstić information content (AvgIpc) is 2.16. The molecule has 0 aromatic rings. The Morgan fingerprint density at radius 1 is 1.19 bits per heavy atom. The third kappa shape index (κ3) is 8.08. The van der Waals surface area contributed by atoms with E-state index in [9.17, 15) is 9.59 Å². The van der Waals surface area contributed by atoms with Gasteiger partial charge in [-0.15, -0.1) is 0 Å². The van der Waals surface area contributed by atoms with Crippen LogP contribution in [0.4, 0.5) is 4.79 Å². The minimum absolute atomic E-state index is 0.00315. The molecule has 0 rings (SSSR count). The van der Waals surface area contributed by atoms with E-state index >= 15 is 0 Å². The smallest absolute Gasteiger partial charge is 0.315 e. The fraction of sp³-hybridized carbons (Fsp3) is 0.818. The van der Waals surface area contributed by atoms with Gasteiger partial charge >= 0.3 is 12.0 Å². The van der Waals surface area contributed by atoms with E-state index in [0.717, 1.165) is 6.42 Å². The Kier molecular flexibility index (Phi) is 7.33. The van der Waals surface area contributed by atoms with E-state index in [0.29, 0.717) is 12.8 Å². The van der Waals surface area contributed by atoms with Crippen molar-refractivity contribution in [1.29, 1.82) is 0 Å². The van der Waals surface area contributed by atoms with E-state index in [2.05, 4.69) is 10.6 Å². The number of rotatable bonds is 7. The minimum Gasteiger partial charge on any atom is -0.481 e. The number of carboxylic acids is 1. The summed E-state index contributed by atoms with van der Waals surface area (Å²) in [5.41, 5.74) is 0. The van der Waals surface area contributed by atoms with Crippen LogP contribution in [0.15, 0.2) is 0 Å². The monoisotopic (exact) mass is 230 g/mol. The lowest BCUT2D eigenvalue weighted by atomic mass is 10.1. The highest BCUT2D eigenvalue weighted by atomic mass is 16.4. The van der Waals surface area contributed by atoms with Gasteiger partial charge in [-0.05, 0) is 33.1 Å². The van der Waals surface area contributed by atoms with Gasteiger partial charge < -0.3 is 15.7 Å². The van der Waals surface area contributed by atoms with E-state index < -0.39 is 5.97 Å². The summed E-state index contributed by atoms with van der Waals surface area (Å²) in [7, 11) is 0. The normalized spacial score (nSPS) is 13.9. The number of hydrogen-bond acceptors (Lipinski definition) is 2. The Hall–Kier alpha value is -1.26. The maximum absolute atomic E-state index is 11.4. The number of carboxylic acid groups (broad SMARTS) is 1. The molecule has 0 spiro atoms. The summed E-state index contributed by atoms with van der Waals surface area (Å²) >= 11 is 0. The predicted molar refractivity (Wildman–Crippen MR) is 62.4 cm³/mol. The van der Waals surface area contributed by atoms with Crippen LogP contribution in [0.2, 0.25) is 0 Å². The third-order valence-electron chi connectivity index (χ3n) is 2.40. The van der Waals surface area contributed by atoms with Crippen molar-refractivity contribution >= 4 is 12.0 Å². The van der Waals surface area contributed by atoms with Crippen molar-refractivity contribution in [2.75, 3.05) is 0 Å². The first kappa shape index (κ1) is 14.7. The highest BCUT2D eigenvalue weighted by Crippen LogP contribution is 2.00. The van der Waals surface area contributed by atoms with Crippen LogP contribution >= 0.6 is 0 Å². The second kappa shape index (κ2) is 7.96. The van der Waals surface area contributed by atoms with Gasteiger partial charge in [0.25, 0.3) is 0 Å². The van der Waals surface area contributed by atoms with Crippen molar-refractivity contribution in [1.82, 2.24) is 10.6 Å². The van der Waals surface area contributed by atoms with Gasteiger partial charge in [0.2, 0.25) is 0 Å². The zero-order valence-corrected chi connectivity index (χ0v) is 10.2. The summed E-state index contributed by atoms with van der Waals surface area (Å²) < 4.78 is 0. The fourth-order valence-electron chi connectivity index (χ4n) is 1.22. The van der Waals surface area contributed by atoms with Gasteiger partial charge in [0, 0.05) is 18.5 Å². The molecule has 0 aromatic carbocycles. The number of nitrogens with one attached hydrogen (secondary N) is 2. The van der Waals surface area contributed by atoms with Crippen LogP contribution in [-0.2, 0) is 4.79 Å². The van der Waals surface area contributed by atoms with E-state index in [1.165, 1.54) is 0 Å². The van der Waals surface area contributed by atoms with Gasteiger partial charge in [-0.25, -0.2) is 4.79 Å². The van der Waals surface area contributed by atoms with Gasteiger partial charge in [0.15, 0.2) is 0 Å². The molecule has 5 nitrogen and oxygen atoms in total. The number of amides is 2. The van der Waals surface area contributed by atoms with Crippen LogP contribution in [-0.4, -0.2) is 29.2 Å². The molecule has 94 valence electrons. The first-order valence-electron chi connectivity index (χ1n) is 5.74. The molecule has 0 aromatic heterocycles. The van der Waals surface area contributed by atoms with Crippen molar-refractivity contribution < 1.29 is 14.7 Å². The highest BCUT2D eigenvalue weighted by Gasteiger charge is 2.09. The number of urea groups is 1. The average molecular weight is 230 g/mol. The molecule has 5 heteroatoms. The molecule has 0 aliphatic carbocycles.